The Labute approximate surface area is 174 Å². The number of nitrogens with one attached hydrogen (secondary N) is 2. The van der Waals surface area contributed by atoms with Crippen LogP contribution < -0.4 is 10.9 Å². The maximum atomic E-state index is 12.3. The number of rotatable bonds is 5. The van der Waals surface area contributed by atoms with Gasteiger partial charge in [-0.3, -0.25) is 14.6 Å². The van der Waals surface area contributed by atoms with Crippen molar-refractivity contribution in [2.75, 3.05) is 11.1 Å². The molecule has 0 aliphatic rings. The van der Waals surface area contributed by atoms with Gasteiger partial charge in [0.1, 0.15) is 0 Å². The molecular weight excluding hydrogens is 406 g/mol. The van der Waals surface area contributed by atoms with Gasteiger partial charge >= 0.3 is 0 Å². The fraction of sp³-hybridized carbons (Fsp3) is 0.150. The average Bonchev–Trinajstić information content (AvgIpc) is 3.09. The summed E-state index contributed by atoms with van der Waals surface area (Å²) in [6, 6.07) is 13.2. The number of aromatic amines is 1. The first-order valence-corrected chi connectivity index (χ1v) is 10.6. The zero-order chi connectivity index (χ0) is 20.4. The number of nitrogens with zero attached hydrogens (tertiary/aromatic N) is 3. The molecule has 2 aromatic heterocycles. The molecule has 0 unspecified atom stereocenters. The third-order valence-electron chi connectivity index (χ3n) is 4.14. The zero-order valence-electron chi connectivity index (χ0n) is 15.7. The fourth-order valence-electron chi connectivity index (χ4n) is 2.89. The minimum atomic E-state index is -0.342. The van der Waals surface area contributed by atoms with Gasteiger partial charge in [0, 0.05) is 5.56 Å². The number of hydrogen-bond acceptors (Lipinski definition) is 7. The number of aryl methyl sites for hydroxylation is 2. The van der Waals surface area contributed by atoms with Crippen molar-refractivity contribution in [2.45, 2.75) is 19.0 Å². The number of amides is 1. The lowest BCUT2D eigenvalue weighted by molar-refractivity contribution is -0.113. The van der Waals surface area contributed by atoms with Crippen molar-refractivity contribution in [3.8, 4) is 11.3 Å². The highest BCUT2D eigenvalue weighted by Crippen LogP contribution is 2.29. The van der Waals surface area contributed by atoms with Gasteiger partial charge in [0.05, 0.1) is 16.0 Å². The quantitative estimate of drug-likeness (QED) is 0.474. The van der Waals surface area contributed by atoms with Crippen molar-refractivity contribution in [2.24, 2.45) is 0 Å². The summed E-state index contributed by atoms with van der Waals surface area (Å²) in [4.78, 5) is 31.7. The third kappa shape index (κ3) is 4.36. The number of anilines is 1. The van der Waals surface area contributed by atoms with Crippen LogP contribution in [0.15, 0.2) is 52.4 Å². The van der Waals surface area contributed by atoms with Gasteiger partial charge in [-0.15, -0.1) is 10.2 Å². The van der Waals surface area contributed by atoms with Crippen LogP contribution in [-0.4, -0.2) is 31.8 Å². The third-order valence-corrected chi connectivity index (χ3v) is 5.92. The van der Waals surface area contributed by atoms with E-state index in [0.29, 0.717) is 15.9 Å². The summed E-state index contributed by atoms with van der Waals surface area (Å²) in [5.41, 5.74) is 3.74. The molecule has 0 bridgehead atoms. The van der Waals surface area contributed by atoms with Crippen LogP contribution in [-0.2, 0) is 4.79 Å². The normalized spacial score (nSPS) is 11.0. The molecule has 0 aliphatic heterocycles. The molecule has 2 heterocycles. The van der Waals surface area contributed by atoms with Gasteiger partial charge in [-0.25, -0.2) is 4.98 Å². The molecule has 0 saturated heterocycles. The highest BCUT2D eigenvalue weighted by Gasteiger charge is 2.12. The lowest BCUT2D eigenvalue weighted by Gasteiger charge is -2.02. The number of H-pyrrole nitrogens is 1. The van der Waals surface area contributed by atoms with E-state index in [4.69, 9.17) is 0 Å². The summed E-state index contributed by atoms with van der Waals surface area (Å²) in [6.45, 7) is 4.04. The molecule has 0 fully saturated rings. The molecule has 0 atom stereocenters. The van der Waals surface area contributed by atoms with Gasteiger partial charge in [0.2, 0.25) is 5.91 Å². The van der Waals surface area contributed by atoms with Gasteiger partial charge < -0.3 is 5.32 Å². The van der Waals surface area contributed by atoms with Crippen LogP contribution in [0.25, 0.3) is 21.5 Å². The summed E-state index contributed by atoms with van der Waals surface area (Å²) >= 11 is 2.55. The molecule has 9 heteroatoms. The smallest absolute Gasteiger partial charge is 0.278 e. The molecule has 0 aliphatic carbocycles. The van der Waals surface area contributed by atoms with Gasteiger partial charge in [0.25, 0.3) is 5.56 Å². The van der Waals surface area contributed by atoms with Crippen LogP contribution in [0.3, 0.4) is 0 Å². The van der Waals surface area contributed by atoms with Crippen molar-refractivity contribution in [3.63, 3.8) is 0 Å². The molecule has 0 saturated carbocycles. The Balaban J connectivity index is 1.42. The fourth-order valence-corrected chi connectivity index (χ4v) is 4.55. The second-order valence-electron chi connectivity index (χ2n) is 6.46. The summed E-state index contributed by atoms with van der Waals surface area (Å²) in [6.07, 6.45) is 0. The minimum Gasteiger partial charge on any atom is -0.301 e. The number of fused-ring (bicyclic) bond motifs is 1. The standard InChI is InChI=1S/C20H17N5O2S2/c1-11-8-12(2)16-14(9-11)29-19(22-16)21-15(26)10-28-20-23-18(27)17(24-25-20)13-6-4-3-5-7-13/h3-9H,10H2,1-2H3,(H,21,22,26)(H,23,25,27). The van der Waals surface area contributed by atoms with Crippen molar-refractivity contribution in [3.05, 3.63) is 63.9 Å². The number of thiazole rings is 1. The maximum absolute atomic E-state index is 12.3. The monoisotopic (exact) mass is 423 g/mol. The molecule has 2 aromatic carbocycles. The van der Waals surface area contributed by atoms with Crippen molar-refractivity contribution in [1.29, 1.82) is 0 Å². The number of carbonyl (C=O) groups is 1. The summed E-state index contributed by atoms with van der Waals surface area (Å²) in [5.74, 6) is -0.137. The number of benzene rings is 2. The Bertz CT molecular complexity index is 1250. The molecular formula is C20H17N5O2S2. The lowest BCUT2D eigenvalue weighted by atomic mass is 10.1. The second kappa shape index (κ2) is 8.14. The zero-order valence-corrected chi connectivity index (χ0v) is 17.4. The van der Waals surface area contributed by atoms with E-state index in [9.17, 15) is 9.59 Å². The highest BCUT2D eigenvalue weighted by atomic mass is 32.2. The van der Waals surface area contributed by atoms with E-state index in [1.807, 2.05) is 32.0 Å². The van der Waals surface area contributed by atoms with Crippen molar-refractivity contribution in [1.82, 2.24) is 20.2 Å². The number of carbonyl (C=O) groups excluding carboxylic acids is 1. The Morgan fingerprint density at radius 1 is 1.17 bits per heavy atom. The molecule has 146 valence electrons. The summed E-state index contributed by atoms with van der Waals surface area (Å²) in [5, 5.41) is 11.7. The minimum absolute atomic E-state index is 0.0865. The largest absolute Gasteiger partial charge is 0.301 e. The first-order chi connectivity index (χ1) is 14.0. The topological polar surface area (TPSA) is 101 Å². The van der Waals surface area contributed by atoms with Crippen LogP contribution in [0.2, 0.25) is 0 Å². The van der Waals surface area contributed by atoms with E-state index in [1.165, 1.54) is 11.3 Å². The molecule has 4 rings (SSSR count). The van der Waals surface area contributed by atoms with E-state index in [1.54, 1.807) is 12.1 Å². The SMILES string of the molecule is Cc1cc(C)c2nc(NC(=O)CSc3nnc(-c4ccccc4)c(=O)[nH]3)sc2c1. The Kier molecular flexibility index (Phi) is 5.41. The van der Waals surface area contributed by atoms with Gasteiger partial charge in [-0.1, -0.05) is 59.5 Å². The van der Waals surface area contributed by atoms with E-state index in [2.05, 4.69) is 37.6 Å². The summed E-state index contributed by atoms with van der Waals surface area (Å²) in [7, 11) is 0. The van der Waals surface area contributed by atoms with E-state index in [0.717, 1.165) is 33.1 Å². The predicted molar refractivity (Wildman–Crippen MR) is 117 cm³/mol. The number of aromatic nitrogens is 4. The van der Waals surface area contributed by atoms with E-state index >= 15 is 0 Å². The molecule has 2 N–H and O–H groups in total. The molecule has 0 radical (unpaired) electrons. The molecule has 0 spiro atoms. The number of hydrogen-bond donors (Lipinski definition) is 2. The number of thioether (sulfide) groups is 1. The average molecular weight is 424 g/mol. The Hall–Kier alpha value is -3.04. The molecule has 29 heavy (non-hydrogen) atoms. The molecule has 7 nitrogen and oxygen atoms in total. The molecule has 1 amide bonds. The Morgan fingerprint density at radius 2 is 1.97 bits per heavy atom. The lowest BCUT2D eigenvalue weighted by Crippen LogP contribution is -2.17. The first-order valence-electron chi connectivity index (χ1n) is 8.82. The van der Waals surface area contributed by atoms with E-state index in [-0.39, 0.29) is 22.9 Å². The Morgan fingerprint density at radius 3 is 2.72 bits per heavy atom. The first kappa shape index (κ1) is 19.3. The second-order valence-corrected chi connectivity index (χ2v) is 8.45. The van der Waals surface area contributed by atoms with Gasteiger partial charge in [0.15, 0.2) is 16.0 Å². The van der Waals surface area contributed by atoms with Crippen LogP contribution in [0.4, 0.5) is 5.13 Å². The maximum Gasteiger partial charge on any atom is 0.278 e. The predicted octanol–water partition coefficient (Wildman–Crippen LogP) is 3.79. The van der Waals surface area contributed by atoms with Crippen LogP contribution in [0.5, 0.6) is 0 Å². The van der Waals surface area contributed by atoms with Crippen LogP contribution >= 0.6 is 23.1 Å². The van der Waals surface area contributed by atoms with Gasteiger partial charge in [-0.2, -0.15) is 0 Å². The highest BCUT2D eigenvalue weighted by molar-refractivity contribution is 7.99. The molecule has 4 aromatic rings. The van der Waals surface area contributed by atoms with E-state index < -0.39 is 0 Å². The van der Waals surface area contributed by atoms with Crippen molar-refractivity contribution < 1.29 is 4.79 Å². The van der Waals surface area contributed by atoms with Gasteiger partial charge in [-0.05, 0) is 31.0 Å². The van der Waals surface area contributed by atoms with Crippen LogP contribution in [0.1, 0.15) is 11.1 Å². The van der Waals surface area contributed by atoms with Crippen LogP contribution in [0, 0.1) is 13.8 Å². The van der Waals surface area contributed by atoms with Crippen molar-refractivity contribution >= 4 is 44.4 Å². The summed E-state index contributed by atoms with van der Waals surface area (Å²) < 4.78 is 1.04.